The molecule has 2 aromatic rings. The molecular formula is C10H6F3N3O2. The summed E-state index contributed by atoms with van der Waals surface area (Å²) in [6.07, 6.45) is -3.74. The Kier molecular flexibility index (Phi) is 3.00. The molecule has 0 amide bonds. The number of nitrogens with zero attached hydrogens (tertiary/aromatic N) is 2. The maximum absolute atomic E-state index is 12.2. The first kappa shape index (κ1) is 12.1. The van der Waals surface area contributed by atoms with Gasteiger partial charge in [0.25, 0.3) is 0 Å². The molecule has 0 aliphatic carbocycles. The van der Waals surface area contributed by atoms with Crippen LogP contribution in [0.3, 0.4) is 0 Å². The van der Waals surface area contributed by atoms with Crippen molar-refractivity contribution in [1.29, 1.82) is 0 Å². The topological polar surface area (TPSA) is 67.9 Å². The fraction of sp³-hybridized carbons (Fsp3) is 0.100. The number of hydrogen-bond acceptors (Lipinski definition) is 4. The van der Waals surface area contributed by atoms with E-state index in [0.29, 0.717) is 0 Å². The lowest BCUT2D eigenvalue weighted by atomic mass is 10.1. The Hall–Kier alpha value is -2.38. The van der Waals surface area contributed by atoms with Gasteiger partial charge in [0.2, 0.25) is 5.78 Å². The molecule has 0 saturated carbocycles. The van der Waals surface area contributed by atoms with Crippen molar-refractivity contribution < 1.29 is 22.7 Å². The monoisotopic (exact) mass is 257 g/mol. The molecule has 0 fully saturated rings. The van der Waals surface area contributed by atoms with Gasteiger partial charge in [0.1, 0.15) is 5.75 Å². The van der Waals surface area contributed by atoms with Gasteiger partial charge in [-0.15, -0.1) is 13.2 Å². The number of para-hydroxylation sites is 1. The van der Waals surface area contributed by atoms with Crippen molar-refractivity contribution in [3.05, 3.63) is 41.7 Å². The standard InChI is InChI=1S/C10H6F3N3O2/c11-10(12,13)18-8-4-2-1-3-6(8)9(17)7-5-14-16-15-7/h1-5H,(H,14,15,16). The van der Waals surface area contributed by atoms with Gasteiger partial charge in [0, 0.05) is 0 Å². The Morgan fingerprint density at radius 2 is 2.00 bits per heavy atom. The number of halogens is 3. The second-order valence-corrected chi connectivity index (χ2v) is 3.23. The zero-order valence-corrected chi connectivity index (χ0v) is 8.73. The summed E-state index contributed by atoms with van der Waals surface area (Å²) in [6, 6.07) is 5.04. The van der Waals surface area contributed by atoms with Gasteiger partial charge in [-0.2, -0.15) is 15.4 Å². The first-order valence-electron chi connectivity index (χ1n) is 4.72. The number of ether oxygens (including phenoxy) is 1. The summed E-state index contributed by atoms with van der Waals surface area (Å²) in [7, 11) is 0. The largest absolute Gasteiger partial charge is 0.573 e. The minimum atomic E-state index is -4.86. The second-order valence-electron chi connectivity index (χ2n) is 3.23. The van der Waals surface area contributed by atoms with Crippen molar-refractivity contribution in [2.45, 2.75) is 6.36 Å². The highest BCUT2D eigenvalue weighted by Gasteiger charge is 2.33. The summed E-state index contributed by atoms with van der Waals surface area (Å²) in [4.78, 5) is 11.8. The van der Waals surface area contributed by atoms with Gasteiger partial charge in [0.15, 0.2) is 5.69 Å². The molecule has 1 heterocycles. The van der Waals surface area contributed by atoms with Crippen molar-refractivity contribution in [1.82, 2.24) is 15.4 Å². The Morgan fingerprint density at radius 3 is 2.61 bits per heavy atom. The molecule has 8 heteroatoms. The molecule has 1 N–H and O–H groups in total. The van der Waals surface area contributed by atoms with E-state index in [2.05, 4.69) is 20.1 Å². The van der Waals surface area contributed by atoms with Gasteiger partial charge in [-0.05, 0) is 12.1 Å². The molecule has 0 atom stereocenters. The van der Waals surface area contributed by atoms with Crippen LogP contribution in [0.2, 0.25) is 0 Å². The minimum absolute atomic E-state index is 0.0896. The molecule has 0 aliphatic rings. The molecule has 0 saturated heterocycles. The molecule has 0 bridgehead atoms. The van der Waals surface area contributed by atoms with Crippen molar-refractivity contribution >= 4 is 5.78 Å². The first-order valence-corrected chi connectivity index (χ1v) is 4.72. The predicted octanol–water partition coefficient (Wildman–Crippen LogP) is 1.93. The highest BCUT2D eigenvalue weighted by Crippen LogP contribution is 2.27. The number of carbonyl (C=O) groups excluding carboxylic acids is 1. The van der Waals surface area contributed by atoms with Gasteiger partial charge in [-0.25, -0.2) is 0 Å². The number of aromatic amines is 1. The number of alkyl halides is 3. The number of carbonyl (C=O) groups is 1. The first-order chi connectivity index (χ1) is 8.47. The highest BCUT2D eigenvalue weighted by atomic mass is 19.4. The van der Waals surface area contributed by atoms with Crippen LogP contribution in [0.4, 0.5) is 13.2 Å². The summed E-state index contributed by atoms with van der Waals surface area (Å²) in [6.45, 7) is 0. The average Bonchev–Trinajstić information content (AvgIpc) is 2.80. The van der Waals surface area contributed by atoms with Crippen LogP contribution < -0.4 is 4.74 Å². The third-order valence-corrected chi connectivity index (χ3v) is 2.01. The number of rotatable bonds is 3. The fourth-order valence-corrected chi connectivity index (χ4v) is 1.32. The second kappa shape index (κ2) is 4.47. The maximum Gasteiger partial charge on any atom is 0.573 e. The molecule has 1 aromatic carbocycles. The summed E-state index contributed by atoms with van der Waals surface area (Å²) in [5.74, 6) is -1.28. The van der Waals surface area contributed by atoms with Crippen LogP contribution in [0.25, 0.3) is 0 Å². The van der Waals surface area contributed by atoms with E-state index in [1.54, 1.807) is 0 Å². The summed E-state index contributed by atoms with van der Waals surface area (Å²) in [5, 5.41) is 9.12. The van der Waals surface area contributed by atoms with Crippen LogP contribution in [-0.2, 0) is 0 Å². The van der Waals surface area contributed by atoms with Gasteiger partial charge in [0.05, 0.1) is 11.8 Å². The molecule has 0 spiro atoms. The molecule has 18 heavy (non-hydrogen) atoms. The summed E-state index contributed by atoms with van der Waals surface area (Å²) in [5.41, 5.74) is -0.322. The summed E-state index contributed by atoms with van der Waals surface area (Å²) < 4.78 is 40.3. The Bertz CT molecular complexity index is 552. The number of benzene rings is 1. The van der Waals surface area contributed by atoms with Gasteiger partial charge < -0.3 is 4.74 Å². The van der Waals surface area contributed by atoms with Crippen LogP contribution in [-0.4, -0.2) is 27.6 Å². The molecule has 1 aromatic heterocycles. The molecule has 0 unspecified atom stereocenters. The molecule has 2 rings (SSSR count). The van der Waals surface area contributed by atoms with E-state index in [1.165, 1.54) is 18.2 Å². The SMILES string of the molecule is O=C(c1cn[nH]n1)c1ccccc1OC(F)(F)F. The lowest BCUT2D eigenvalue weighted by molar-refractivity contribution is -0.274. The van der Waals surface area contributed by atoms with E-state index in [9.17, 15) is 18.0 Å². The van der Waals surface area contributed by atoms with E-state index in [1.807, 2.05) is 0 Å². The molecular weight excluding hydrogens is 251 g/mol. The van der Waals surface area contributed by atoms with E-state index >= 15 is 0 Å². The van der Waals surface area contributed by atoms with Crippen LogP contribution in [0, 0.1) is 0 Å². The van der Waals surface area contributed by atoms with E-state index in [4.69, 9.17) is 0 Å². The zero-order valence-electron chi connectivity index (χ0n) is 8.73. The number of hydrogen-bond donors (Lipinski definition) is 1. The molecule has 0 radical (unpaired) electrons. The molecule has 94 valence electrons. The van der Waals surface area contributed by atoms with Crippen LogP contribution in [0.1, 0.15) is 16.1 Å². The Balaban J connectivity index is 2.36. The molecule has 5 nitrogen and oxygen atoms in total. The normalized spacial score (nSPS) is 11.3. The zero-order chi connectivity index (χ0) is 13.2. The van der Waals surface area contributed by atoms with Crippen molar-refractivity contribution in [3.8, 4) is 5.75 Å². The van der Waals surface area contributed by atoms with Crippen molar-refractivity contribution in [2.75, 3.05) is 0 Å². The fourth-order valence-electron chi connectivity index (χ4n) is 1.32. The van der Waals surface area contributed by atoms with Crippen LogP contribution in [0.15, 0.2) is 30.5 Å². The quantitative estimate of drug-likeness (QED) is 0.853. The number of H-pyrrole nitrogens is 1. The average molecular weight is 257 g/mol. The number of ketones is 1. The number of aromatic nitrogens is 3. The number of nitrogens with one attached hydrogen (secondary N) is 1. The molecule has 0 aliphatic heterocycles. The van der Waals surface area contributed by atoms with E-state index in [0.717, 1.165) is 12.3 Å². The van der Waals surface area contributed by atoms with Crippen molar-refractivity contribution in [2.24, 2.45) is 0 Å². The Morgan fingerprint density at radius 1 is 1.28 bits per heavy atom. The van der Waals surface area contributed by atoms with E-state index in [-0.39, 0.29) is 11.3 Å². The van der Waals surface area contributed by atoms with Crippen LogP contribution >= 0.6 is 0 Å². The third kappa shape index (κ3) is 2.65. The van der Waals surface area contributed by atoms with E-state index < -0.39 is 17.9 Å². The predicted molar refractivity (Wildman–Crippen MR) is 52.9 cm³/mol. The van der Waals surface area contributed by atoms with Gasteiger partial charge >= 0.3 is 6.36 Å². The minimum Gasteiger partial charge on any atom is -0.405 e. The van der Waals surface area contributed by atoms with Crippen LogP contribution in [0.5, 0.6) is 5.75 Å². The summed E-state index contributed by atoms with van der Waals surface area (Å²) >= 11 is 0. The highest BCUT2D eigenvalue weighted by molar-refractivity contribution is 6.09. The van der Waals surface area contributed by atoms with Gasteiger partial charge in [-0.1, -0.05) is 12.1 Å². The lowest BCUT2D eigenvalue weighted by Gasteiger charge is -2.11. The Labute approximate surface area is 98.6 Å². The van der Waals surface area contributed by atoms with Gasteiger partial charge in [-0.3, -0.25) is 4.79 Å². The van der Waals surface area contributed by atoms with Crippen molar-refractivity contribution in [3.63, 3.8) is 0 Å². The smallest absolute Gasteiger partial charge is 0.405 e. The lowest BCUT2D eigenvalue weighted by Crippen LogP contribution is -2.19. The maximum atomic E-state index is 12.2. The third-order valence-electron chi connectivity index (χ3n) is 2.01.